The number of rotatable bonds is 1. The molecule has 0 heterocycles. The molecule has 1 radical (unpaired) electrons. The molecule has 0 saturated heterocycles. The van der Waals surface area contributed by atoms with Crippen LogP contribution >= 0.6 is 23.2 Å². The fourth-order valence-corrected chi connectivity index (χ4v) is 0.371. The molecule has 0 aromatic carbocycles. The lowest BCUT2D eigenvalue weighted by Crippen LogP contribution is -2.26. The first-order valence-electron chi connectivity index (χ1n) is 1.74. The molecule has 0 rings (SSSR count). The number of hydrogen-bond donors (Lipinski definition) is 0. The molecule has 0 aliphatic rings. The van der Waals surface area contributed by atoms with Crippen molar-refractivity contribution in [2.75, 3.05) is 0 Å². The minimum Gasteiger partial charge on any atom is -0.234 e. The molecule has 1 unspecified atom stereocenters. The molecule has 0 aliphatic carbocycles. The van der Waals surface area contributed by atoms with E-state index in [1.165, 1.54) is 0 Å². The maximum Gasteiger partial charge on any atom is 0.422 e. The summed E-state index contributed by atoms with van der Waals surface area (Å²) in [5.41, 5.74) is 0. The topological polar surface area (TPSA) is 0 Å². The predicted molar refractivity (Wildman–Crippen MR) is 25.9 cm³/mol. The predicted octanol–water partition coefficient (Wildman–Crippen LogP) is 2.85. The summed E-state index contributed by atoms with van der Waals surface area (Å²) in [5, 5.41) is 0. The van der Waals surface area contributed by atoms with Crippen molar-refractivity contribution < 1.29 is 17.6 Å². The summed E-state index contributed by atoms with van der Waals surface area (Å²) >= 11 is 9.00. The van der Waals surface area contributed by atoms with Crippen LogP contribution in [0, 0.1) is 4.84 Å². The molecule has 0 N–H and O–H groups in total. The summed E-state index contributed by atoms with van der Waals surface area (Å²) in [5.74, 6) is 0. The Morgan fingerprint density at radius 1 is 1.22 bits per heavy atom. The molecule has 0 spiro atoms. The molecule has 0 saturated carbocycles. The van der Waals surface area contributed by atoms with E-state index in [0.717, 1.165) is 0 Å². The Bertz CT molecular complexity index is 88.3. The third kappa shape index (κ3) is 3.11. The second-order valence-corrected chi connectivity index (χ2v) is 2.20. The molecule has 6 heteroatoms. The van der Waals surface area contributed by atoms with Gasteiger partial charge >= 0.3 is 6.18 Å². The lowest BCUT2D eigenvalue weighted by molar-refractivity contribution is -0.170. The molecule has 55 valence electrons. The number of hydrogen-bond acceptors (Lipinski definition) is 0. The average molecular weight is 184 g/mol. The van der Waals surface area contributed by atoms with Gasteiger partial charge in [0.05, 0.1) is 0 Å². The minimum absolute atomic E-state index is 1.32. The summed E-state index contributed by atoms with van der Waals surface area (Å²) in [4.78, 5) is -1.32. The van der Waals surface area contributed by atoms with Gasteiger partial charge in [-0.05, 0) is 0 Å². The van der Waals surface area contributed by atoms with Crippen LogP contribution in [0.3, 0.4) is 0 Å². The monoisotopic (exact) mass is 183 g/mol. The maximum absolute atomic E-state index is 11.6. The highest BCUT2D eigenvalue weighted by atomic mass is 35.5. The molecule has 0 amide bonds. The van der Waals surface area contributed by atoms with Crippen LogP contribution < -0.4 is 0 Å². The second-order valence-electron chi connectivity index (χ2n) is 1.19. The van der Waals surface area contributed by atoms with Crippen molar-refractivity contribution in [1.82, 2.24) is 0 Å². The van der Waals surface area contributed by atoms with E-state index >= 15 is 0 Å². The molecule has 1 atom stereocenters. The Balaban J connectivity index is 3.88. The Morgan fingerprint density at radius 3 is 1.56 bits per heavy atom. The lowest BCUT2D eigenvalue weighted by atomic mass is 10.4. The van der Waals surface area contributed by atoms with E-state index in [2.05, 4.69) is 23.2 Å². The summed E-state index contributed by atoms with van der Waals surface area (Å²) < 4.78 is 45.0. The number of alkyl halides is 4. The Morgan fingerprint density at radius 2 is 1.56 bits per heavy atom. The van der Waals surface area contributed by atoms with Gasteiger partial charge in [-0.3, -0.25) is 0 Å². The molecular formula is C3HCl2F4. The Kier molecular flexibility index (Phi) is 3.02. The van der Waals surface area contributed by atoms with Gasteiger partial charge < -0.3 is 0 Å². The normalized spacial score (nSPS) is 16.3. The molecule has 0 aromatic rings. The van der Waals surface area contributed by atoms with Gasteiger partial charge in [0.15, 0.2) is 4.84 Å². The van der Waals surface area contributed by atoms with Crippen LogP contribution in [0.5, 0.6) is 0 Å². The fraction of sp³-hybridized carbons (Fsp3) is 0.667. The van der Waals surface area contributed by atoms with Gasteiger partial charge in [0.1, 0.15) is 0 Å². The van der Waals surface area contributed by atoms with E-state index in [0.29, 0.717) is 0 Å². The lowest BCUT2D eigenvalue weighted by Gasteiger charge is -2.10. The highest BCUT2D eigenvalue weighted by Crippen LogP contribution is 2.33. The van der Waals surface area contributed by atoms with Crippen molar-refractivity contribution in [2.24, 2.45) is 0 Å². The molecule has 0 aliphatic heterocycles. The van der Waals surface area contributed by atoms with Gasteiger partial charge in [0.2, 0.25) is 6.17 Å². The SMILES string of the molecule is FC([C](Cl)Cl)C(F)(F)F. The first-order valence-corrected chi connectivity index (χ1v) is 2.50. The van der Waals surface area contributed by atoms with Crippen molar-refractivity contribution in [3.8, 4) is 0 Å². The number of halogens is 6. The fourth-order valence-electron chi connectivity index (χ4n) is 0.124. The van der Waals surface area contributed by atoms with Gasteiger partial charge in [-0.1, -0.05) is 23.2 Å². The molecule has 9 heavy (non-hydrogen) atoms. The summed E-state index contributed by atoms with van der Waals surface area (Å²) in [6.07, 6.45) is -8.22. The average Bonchev–Trinajstić information content (AvgIpc) is 1.62. The molecule has 0 aromatic heterocycles. The van der Waals surface area contributed by atoms with E-state index in [4.69, 9.17) is 0 Å². The van der Waals surface area contributed by atoms with Crippen LogP contribution in [0.15, 0.2) is 0 Å². The van der Waals surface area contributed by atoms with Crippen molar-refractivity contribution >= 4 is 23.2 Å². The molecule has 0 nitrogen and oxygen atoms in total. The first kappa shape index (κ1) is 9.30. The van der Waals surface area contributed by atoms with E-state index in [1.54, 1.807) is 0 Å². The zero-order valence-corrected chi connectivity index (χ0v) is 5.36. The van der Waals surface area contributed by atoms with Crippen molar-refractivity contribution in [3.05, 3.63) is 4.84 Å². The Hall–Kier alpha value is 0.300. The van der Waals surface area contributed by atoms with Crippen LogP contribution in [-0.2, 0) is 0 Å². The van der Waals surface area contributed by atoms with Gasteiger partial charge in [-0.25, -0.2) is 4.39 Å². The maximum atomic E-state index is 11.6. The van der Waals surface area contributed by atoms with Gasteiger partial charge in [-0.2, -0.15) is 13.2 Å². The highest BCUT2D eigenvalue weighted by molar-refractivity contribution is 6.53. The quantitative estimate of drug-likeness (QED) is 0.549. The van der Waals surface area contributed by atoms with Crippen molar-refractivity contribution in [1.29, 1.82) is 0 Å². The van der Waals surface area contributed by atoms with Gasteiger partial charge in [0, 0.05) is 0 Å². The van der Waals surface area contributed by atoms with E-state index in [1.807, 2.05) is 0 Å². The molecule has 0 bridgehead atoms. The third-order valence-corrected chi connectivity index (χ3v) is 0.862. The van der Waals surface area contributed by atoms with Gasteiger partial charge in [-0.15, -0.1) is 0 Å². The minimum atomic E-state index is -4.99. The highest BCUT2D eigenvalue weighted by Gasteiger charge is 2.44. The van der Waals surface area contributed by atoms with E-state index < -0.39 is 17.2 Å². The second kappa shape index (κ2) is 2.92. The smallest absolute Gasteiger partial charge is 0.234 e. The van der Waals surface area contributed by atoms with Crippen LogP contribution in [0.25, 0.3) is 0 Å². The summed E-state index contributed by atoms with van der Waals surface area (Å²) in [6.45, 7) is 0. The first-order chi connectivity index (χ1) is 3.85. The molecule has 0 fully saturated rings. The largest absolute Gasteiger partial charge is 0.422 e. The van der Waals surface area contributed by atoms with Crippen LogP contribution in [-0.4, -0.2) is 12.3 Å². The van der Waals surface area contributed by atoms with E-state index in [-0.39, 0.29) is 0 Å². The van der Waals surface area contributed by atoms with Gasteiger partial charge in [0.25, 0.3) is 0 Å². The standard InChI is InChI=1S/C3HCl2F4/c4-2(5)1(6)3(7,8)9/h1H. The van der Waals surface area contributed by atoms with Crippen molar-refractivity contribution in [3.63, 3.8) is 0 Å². The van der Waals surface area contributed by atoms with E-state index in [9.17, 15) is 17.6 Å². The summed E-state index contributed by atoms with van der Waals surface area (Å²) in [6, 6.07) is 0. The zero-order valence-electron chi connectivity index (χ0n) is 3.85. The van der Waals surface area contributed by atoms with Crippen LogP contribution in [0.1, 0.15) is 0 Å². The van der Waals surface area contributed by atoms with Crippen LogP contribution in [0.4, 0.5) is 17.6 Å². The van der Waals surface area contributed by atoms with Crippen molar-refractivity contribution in [2.45, 2.75) is 12.3 Å². The zero-order chi connectivity index (χ0) is 7.65. The Labute approximate surface area is 58.7 Å². The van der Waals surface area contributed by atoms with Crippen LogP contribution in [0.2, 0.25) is 0 Å². The molecular weight excluding hydrogens is 183 g/mol. The third-order valence-electron chi connectivity index (χ3n) is 0.479. The summed E-state index contributed by atoms with van der Waals surface area (Å²) in [7, 11) is 0.